The van der Waals surface area contributed by atoms with Crippen molar-refractivity contribution in [2.24, 2.45) is 16.7 Å². The summed E-state index contributed by atoms with van der Waals surface area (Å²) in [4.78, 5) is 26.3. The zero-order valence-corrected chi connectivity index (χ0v) is 12.1. The Balaban J connectivity index is 1.80. The van der Waals surface area contributed by atoms with Crippen LogP contribution in [-0.4, -0.2) is 48.2 Å². The Hall–Kier alpha value is -1.10. The molecule has 3 fully saturated rings. The van der Waals surface area contributed by atoms with Gasteiger partial charge in [0, 0.05) is 31.0 Å². The summed E-state index contributed by atoms with van der Waals surface area (Å²) in [5, 5.41) is 9.63. The largest absolute Gasteiger partial charge is 0.481 e. The zero-order valence-electron chi connectivity index (χ0n) is 12.1. The van der Waals surface area contributed by atoms with E-state index in [0.29, 0.717) is 32.7 Å². The van der Waals surface area contributed by atoms with Gasteiger partial charge in [-0.3, -0.25) is 9.59 Å². The number of carbonyl (C=O) groups is 2. The monoisotopic (exact) mass is 281 g/mol. The van der Waals surface area contributed by atoms with E-state index in [4.69, 9.17) is 4.74 Å². The molecule has 3 rings (SSSR count). The van der Waals surface area contributed by atoms with Gasteiger partial charge >= 0.3 is 5.97 Å². The van der Waals surface area contributed by atoms with Crippen LogP contribution in [0.3, 0.4) is 0 Å². The van der Waals surface area contributed by atoms with Crippen molar-refractivity contribution in [3.8, 4) is 0 Å². The standard InChI is InChI=1S/C15H23NO4/c1-14(4-2-3-5-14)12(17)16-8-11-9-20-7-6-15(11,10-16)13(18)19/h11H,2-10H2,1H3,(H,18,19)/t11-,15+/m0/s1. The van der Waals surface area contributed by atoms with Gasteiger partial charge in [-0.2, -0.15) is 0 Å². The van der Waals surface area contributed by atoms with E-state index in [1.54, 1.807) is 4.90 Å². The molecule has 0 aromatic heterocycles. The summed E-state index contributed by atoms with van der Waals surface area (Å²) in [5.41, 5.74) is -1.04. The SMILES string of the molecule is CC1(C(=O)N2C[C@H]3COCC[C@@]3(C(=O)O)C2)CCCC1. The molecule has 20 heavy (non-hydrogen) atoms. The van der Waals surface area contributed by atoms with Gasteiger partial charge in [-0.25, -0.2) is 0 Å². The number of likely N-dealkylation sites (tertiary alicyclic amines) is 1. The van der Waals surface area contributed by atoms with Crippen molar-refractivity contribution in [1.82, 2.24) is 4.90 Å². The number of hydrogen-bond acceptors (Lipinski definition) is 3. The maximum absolute atomic E-state index is 12.8. The van der Waals surface area contributed by atoms with Crippen molar-refractivity contribution in [2.45, 2.75) is 39.0 Å². The number of carboxylic acids is 1. The maximum Gasteiger partial charge on any atom is 0.311 e. The van der Waals surface area contributed by atoms with Gasteiger partial charge in [0.1, 0.15) is 0 Å². The van der Waals surface area contributed by atoms with Gasteiger partial charge in [0.2, 0.25) is 5.91 Å². The third-order valence-corrected chi connectivity index (χ3v) is 5.64. The number of carboxylic acid groups (broad SMARTS) is 1. The highest BCUT2D eigenvalue weighted by atomic mass is 16.5. The molecule has 5 heteroatoms. The number of ether oxygens (including phenoxy) is 1. The topological polar surface area (TPSA) is 66.8 Å². The Bertz CT molecular complexity index is 430. The third kappa shape index (κ3) is 1.94. The Kier molecular flexibility index (Phi) is 3.27. The summed E-state index contributed by atoms with van der Waals surface area (Å²) in [6.07, 6.45) is 4.60. The van der Waals surface area contributed by atoms with Gasteiger partial charge in [0.15, 0.2) is 0 Å². The Labute approximate surface area is 119 Å². The van der Waals surface area contributed by atoms with E-state index < -0.39 is 11.4 Å². The first-order valence-electron chi connectivity index (χ1n) is 7.58. The molecule has 0 aromatic carbocycles. The molecule has 0 spiro atoms. The molecule has 2 atom stereocenters. The molecular formula is C15H23NO4. The van der Waals surface area contributed by atoms with Crippen LogP contribution in [0, 0.1) is 16.7 Å². The normalized spacial score (nSPS) is 35.9. The van der Waals surface area contributed by atoms with Crippen LogP contribution in [0.4, 0.5) is 0 Å². The van der Waals surface area contributed by atoms with Crippen molar-refractivity contribution in [1.29, 1.82) is 0 Å². The van der Waals surface area contributed by atoms with Crippen molar-refractivity contribution in [3.05, 3.63) is 0 Å². The van der Waals surface area contributed by atoms with Crippen LogP contribution in [0.5, 0.6) is 0 Å². The molecule has 2 heterocycles. The lowest BCUT2D eigenvalue weighted by Crippen LogP contribution is -2.45. The fraction of sp³-hybridized carbons (Fsp3) is 0.867. The first kappa shape index (κ1) is 13.9. The van der Waals surface area contributed by atoms with E-state index in [1.165, 1.54) is 0 Å². The van der Waals surface area contributed by atoms with E-state index in [0.717, 1.165) is 25.7 Å². The van der Waals surface area contributed by atoms with E-state index in [2.05, 4.69) is 0 Å². The molecule has 112 valence electrons. The second-order valence-electron chi connectivity index (χ2n) is 6.94. The predicted molar refractivity (Wildman–Crippen MR) is 72.1 cm³/mol. The Morgan fingerprint density at radius 3 is 2.55 bits per heavy atom. The molecule has 2 aliphatic heterocycles. The first-order valence-corrected chi connectivity index (χ1v) is 7.58. The van der Waals surface area contributed by atoms with Crippen LogP contribution >= 0.6 is 0 Å². The van der Waals surface area contributed by atoms with Gasteiger partial charge in [0.25, 0.3) is 0 Å². The van der Waals surface area contributed by atoms with Crippen LogP contribution in [-0.2, 0) is 14.3 Å². The number of hydrogen-bond donors (Lipinski definition) is 1. The zero-order chi connectivity index (χ0) is 14.4. The van der Waals surface area contributed by atoms with Crippen molar-refractivity contribution >= 4 is 11.9 Å². The van der Waals surface area contributed by atoms with Crippen molar-refractivity contribution in [3.63, 3.8) is 0 Å². The van der Waals surface area contributed by atoms with Crippen LogP contribution in [0.1, 0.15) is 39.0 Å². The lowest BCUT2D eigenvalue weighted by atomic mass is 9.74. The van der Waals surface area contributed by atoms with Gasteiger partial charge in [0.05, 0.1) is 12.0 Å². The molecule has 1 aliphatic carbocycles. The average Bonchev–Trinajstić information content (AvgIpc) is 3.02. The second kappa shape index (κ2) is 4.72. The molecule has 0 bridgehead atoms. The first-order chi connectivity index (χ1) is 9.48. The molecule has 1 N–H and O–H groups in total. The van der Waals surface area contributed by atoms with Crippen LogP contribution in [0.2, 0.25) is 0 Å². The second-order valence-corrected chi connectivity index (χ2v) is 6.94. The highest BCUT2D eigenvalue weighted by Crippen LogP contribution is 2.46. The summed E-state index contributed by atoms with van der Waals surface area (Å²) in [7, 11) is 0. The van der Waals surface area contributed by atoms with E-state index in [1.807, 2.05) is 6.92 Å². The van der Waals surface area contributed by atoms with Gasteiger partial charge in [-0.05, 0) is 19.3 Å². The molecule has 1 amide bonds. The molecule has 5 nitrogen and oxygen atoms in total. The minimum atomic E-state index is -0.775. The predicted octanol–water partition coefficient (Wildman–Crippen LogP) is 1.52. The number of rotatable bonds is 2. The van der Waals surface area contributed by atoms with Crippen LogP contribution in [0.25, 0.3) is 0 Å². The van der Waals surface area contributed by atoms with Gasteiger partial charge in [-0.15, -0.1) is 0 Å². The van der Waals surface area contributed by atoms with Gasteiger partial charge < -0.3 is 14.7 Å². The fourth-order valence-electron chi connectivity index (χ4n) is 4.21. The number of fused-ring (bicyclic) bond motifs is 1. The van der Waals surface area contributed by atoms with Gasteiger partial charge in [-0.1, -0.05) is 19.8 Å². The summed E-state index contributed by atoms with van der Waals surface area (Å²) in [6.45, 7) is 3.90. The Morgan fingerprint density at radius 2 is 1.95 bits per heavy atom. The Morgan fingerprint density at radius 1 is 1.25 bits per heavy atom. The summed E-state index contributed by atoms with van der Waals surface area (Å²) >= 11 is 0. The number of nitrogens with zero attached hydrogens (tertiary/aromatic N) is 1. The molecule has 0 aromatic rings. The molecule has 1 saturated carbocycles. The van der Waals surface area contributed by atoms with Crippen molar-refractivity contribution in [2.75, 3.05) is 26.3 Å². The molecule has 2 saturated heterocycles. The maximum atomic E-state index is 12.8. The lowest BCUT2D eigenvalue weighted by Gasteiger charge is -2.34. The van der Waals surface area contributed by atoms with Crippen LogP contribution in [0.15, 0.2) is 0 Å². The minimum Gasteiger partial charge on any atom is -0.481 e. The molecule has 3 aliphatic rings. The lowest BCUT2D eigenvalue weighted by molar-refractivity contribution is -0.157. The molecule has 0 radical (unpaired) electrons. The van der Waals surface area contributed by atoms with Crippen molar-refractivity contribution < 1.29 is 19.4 Å². The smallest absolute Gasteiger partial charge is 0.311 e. The average molecular weight is 281 g/mol. The van der Waals surface area contributed by atoms with Crippen LogP contribution < -0.4 is 0 Å². The molecule has 0 unspecified atom stereocenters. The number of amides is 1. The highest BCUT2D eigenvalue weighted by molar-refractivity contribution is 5.85. The number of carbonyl (C=O) groups excluding carboxylic acids is 1. The highest BCUT2D eigenvalue weighted by Gasteiger charge is 2.56. The summed E-state index contributed by atoms with van der Waals surface area (Å²) in [6, 6.07) is 0. The summed E-state index contributed by atoms with van der Waals surface area (Å²) < 4.78 is 5.44. The number of aliphatic carboxylic acids is 1. The van der Waals surface area contributed by atoms with E-state index in [-0.39, 0.29) is 17.2 Å². The van der Waals surface area contributed by atoms with E-state index in [9.17, 15) is 14.7 Å². The molecular weight excluding hydrogens is 258 g/mol. The summed E-state index contributed by atoms with van der Waals surface area (Å²) in [5.74, 6) is -0.662. The third-order valence-electron chi connectivity index (χ3n) is 5.64. The van der Waals surface area contributed by atoms with E-state index >= 15 is 0 Å². The quantitative estimate of drug-likeness (QED) is 0.833. The fourth-order valence-corrected chi connectivity index (χ4v) is 4.21. The minimum absolute atomic E-state index is 0.0531.